The third kappa shape index (κ3) is 4.84. The molecule has 0 aliphatic rings. The van der Waals surface area contributed by atoms with Crippen LogP contribution < -0.4 is 10.0 Å². The average Bonchev–Trinajstić information content (AvgIpc) is 2.66. The summed E-state index contributed by atoms with van der Waals surface area (Å²) in [6.07, 6.45) is -10.3. The molecule has 0 heterocycles. The lowest BCUT2D eigenvalue weighted by Gasteiger charge is -2.34. The van der Waals surface area contributed by atoms with Crippen molar-refractivity contribution in [1.82, 2.24) is 4.72 Å². The van der Waals surface area contributed by atoms with Crippen LogP contribution in [0.25, 0.3) is 0 Å². The highest BCUT2D eigenvalue weighted by molar-refractivity contribution is 7.89. The largest absolute Gasteiger partial charge is 0.466 e. The summed E-state index contributed by atoms with van der Waals surface area (Å²) in [7, 11) is -4.33. The zero-order chi connectivity index (χ0) is 22.8. The third-order valence-electron chi connectivity index (χ3n) is 3.80. The SMILES string of the molecule is COC(=O)[C@](Nc1ccc(C(F)(F)F)cc1)(NS(=O)(=O)c1ccccc1)C(F)(F)F. The number of hydrogen-bond donors (Lipinski definition) is 2. The van der Waals surface area contributed by atoms with Gasteiger partial charge < -0.3 is 10.1 Å². The molecule has 0 saturated heterocycles. The van der Waals surface area contributed by atoms with Gasteiger partial charge in [0.15, 0.2) is 0 Å². The van der Waals surface area contributed by atoms with Crippen LogP contribution in [0.5, 0.6) is 0 Å². The number of halogens is 6. The number of hydrogen-bond acceptors (Lipinski definition) is 5. The standard InChI is InChI=1S/C17H14F6N2O4S/c1-29-14(26)15(17(21,22)23,25-30(27,28)13-5-3-2-4-6-13)24-12-9-7-11(8-10-12)16(18,19)20/h2-10,24-25H,1H3/t15-/m0/s1. The number of carbonyl (C=O) groups is 1. The van der Waals surface area contributed by atoms with Crippen molar-refractivity contribution in [2.45, 2.75) is 22.9 Å². The number of esters is 1. The van der Waals surface area contributed by atoms with E-state index in [4.69, 9.17) is 0 Å². The summed E-state index contributed by atoms with van der Waals surface area (Å²) in [6.45, 7) is 0. The zero-order valence-electron chi connectivity index (χ0n) is 15.0. The molecule has 0 spiro atoms. The minimum Gasteiger partial charge on any atom is -0.466 e. The summed E-state index contributed by atoms with van der Waals surface area (Å²) < 4.78 is 110. The van der Waals surface area contributed by atoms with Crippen molar-refractivity contribution in [3.05, 3.63) is 60.2 Å². The zero-order valence-corrected chi connectivity index (χ0v) is 15.8. The Bertz CT molecular complexity index is 992. The van der Waals surface area contributed by atoms with E-state index in [1.165, 1.54) is 22.9 Å². The molecule has 6 nitrogen and oxygen atoms in total. The molecule has 0 aliphatic carbocycles. The first-order valence-corrected chi connectivity index (χ1v) is 9.41. The molecule has 13 heteroatoms. The Kier molecular flexibility index (Phi) is 6.37. The summed E-state index contributed by atoms with van der Waals surface area (Å²) in [5.74, 6) is -2.07. The summed E-state index contributed by atoms with van der Waals surface area (Å²) in [5.41, 5.74) is -5.80. The second-order valence-electron chi connectivity index (χ2n) is 5.86. The first-order chi connectivity index (χ1) is 13.7. The van der Waals surface area contributed by atoms with Crippen LogP contribution in [0.2, 0.25) is 0 Å². The van der Waals surface area contributed by atoms with E-state index in [0.717, 1.165) is 12.1 Å². The van der Waals surface area contributed by atoms with Gasteiger partial charge in [0.05, 0.1) is 17.6 Å². The number of benzene rings is 2. The predicted molar refractivity (Wildman–Crippen MR) is 92.6 cm³/mol. The highest BCUT2D eigenvalue weighted by Crippen LogP contribution is 2.35. The van der Waals surface area contributed by atoms with E-state index in [9.17, 15) is 39.6 Å². The summed E-state index contributed by atoms with van der Waals surface area (Å²) in [6, 6.07) is 8.02. The molecule has 0 aromatic heterocycles. The van der Waals surface area contributed by atoms with Gasteiger partial charge in [-0.1, -0.05) is 18.2 Å². The molecule has 2 N–H and O–H groups in total. The molecule has 0 unspecified atom stereocenters. The summed E-state index contributed by atoms with van der Waals surface area (Å²) in [4.78, 5) is 11.5. The van der Waals surface area contributed by atoms with Crippen LogP contribution >= 0.6 is 0 Å². The number of ether oxygens (including phenoxy) is 1. The van der Waals surface area contributed by atoms with Crippen LogP contribution in [0, 0.1) is 0 Å². The van der Waals surface area contributed by atoms with E-state index < -0.39 is 50.2 Å². The van der Waals surface area contributed by atoms with Gasteiger partial charge in [-0.25, -0.2) is 13.2 Å². The topological polar surface area (TPSA) is 84.5 Å². The molecular formula is C17H14F6N2O4S. The maximum absolute atomic E-state index is 13.9. The van der Waals surface area contributed by atoms with Crippen LogP contribution in [-0.2, 0) is 25.7 Å². The lowest BCUT2D eigenvalue weighted by atomic mass is 10.1. The van der Waals surface area contributed by atoms with Crippen molar-refractivity contribution in [1.29, 1.82) is 0 Å². The number of anilines is 1. The predicted octanol–water partition coefficient (Wildman–Crippen LogP) is 3.53. The van der Waals surface area contributed by atoms with Crippen molar-refractivity contribution in [2.75, 3.05) is 12.4 Å². The first kappa shape index (κ1) is 23.5. The Morgan fingerprint density at radius 2 is 1.43 bits per heavy atom. The molecule has 0 fully saturated rings. The van der Waals surface area contributed by atoms with Crippen molar-refractivity contribution >= 4 is 21.7 Å². The first-order valence-electron chi connectivity index (χ1n) is 7.92. The monoisotopic (exact) mass is 456 g/mol. The maximum Gasteiger partial charge on any atom is 0.437 e. The second kappa shape index (κ2) is 8.14. The van der Waals surface area contributed by atoms with Gasteiger partial charge in [0.1, 0.15) is 0 Å². The molecule has 2 aromatic carbocycles. The average molecular weight is 456 g/mol. The van der Waals surface area contributed by atoms with E-state index in [1.54, 1.807) is 5.32 Å². The Morgan fingerprint density at radius 3 is 1.87 bits per heavy atom. The van der Waals surface area contributed by atoms with Gasteiger partial charge in [0.2, 0.25) is 10.0 Å². The Hall–Kier alpha value is -2.80. The molecule has 0 radical (unpaired) electrons. The van der Waals surface area contributed by atoms with Crippen LogP contribution in [0.15, 0.2) is 59.5 Å². The van der Waals surface area contributed by atoms with Gasteiger partial charge in [-0.15, -0.1) is 0 Å². The molecule has 0 saturated carbocycles. The fourth-order valence-corrected chi connectivity index (χ4v) is 3.62. The van der Waals surface area contributed by atoms with Gasteiger partial charge in [-0.05, 0) is 36.4 Å². The summed E-state index contributed by atoms with van der Waals surface area (Å²) in [5, 5.41) is 1.63. The Balaban J connectivity index is 2.55. The molecule has 0 aliphatic heterocycles. The Labute approximate surface area is 166 Å². The third-order valence-corrected chi connectivity index (χ3v) is 5.27. The van der Waals surface area contributed by atoms with Crippen molar-refractivity contribution in [3.8, 4) is 0 Å². The van der Waals surface area contributed by atoms with Crippen molar-refractivity contribution < 1.29 is 44.3 Å². The van der Waals surface area contributed by atoms with E-state index in [0.29, 0.717) is 31.4 Å². The normalized spacial score (nSPS) is 14.6. The fraction of sp³-hybridized carbons (Fsp3) is 0.235. The fourth-order valence-electron chi connectivity index (χ4n) is 2.33. The van der Waals surface area contributed by atoms with E-state index in [-0.39, 0.29) is 0 Å². The number of nitrogens with one attached hydrogen (secondary N) is 2. The van der Waals surface area contributed by atoms with Gasteiger partial charge in [0, 0.05) is 5.69 Å². The molecule has 0 bridgehead atoms. The van der Waals surface area contributed by atoms with Gasteiger partial charge in [0.25, 0.3) is 5.66 Å². The van der Waals surface area contributed by atoms with E-state index >= 15 is 0 Å². The van der Waals surface area contributed by atoms with Gasteiger partial charge in [-0.3, -0.25) is 0 Å². The summed E-state index contributed by atoms with van der Waals surface area (Å²) >= 11 is 0. The van der Waals surface area contributed by atoms with Crippen molar-refractivity contribution in [3.63, 3.8) is 0 Å². The van der Waals surface area contributed by atoms with E-state index in [1.807, 2.05) is 0 Å². The molecule has 2 rings (SSSR count). The van der Waals surface area contributed by atoms with E-state index in [2.05, 4.69) is 4.74 Å². The number of alkyl halides is 6. The molecule has 30 heavy (non-hydrogen) atoms. The maximum atomic E-state index is 13.9. The second-order valence-corrected chi connectivity index (χ2v) is 7.54. The lowest BCUT2D eigenvalue weighted by Crippen LogP contribution is -2.69. The molecule has 2 aromatic rings. The van der Waals surface area contributed by atoms with Crippen LogP contribution in [0.4, 0.5) is 32.0 Å². The lowest BCUT2D eigenvalue weighted by molar-refractivity contribution is -0.201. The minimum absolute atomic E-state index is 0.465. The van der Waals surface area contributed by atoms with Gasteiger partial charge in [-0.2, -0.15) is 31.1 Å². The molecule has 164 valence electrons. The smallest absolute Gasteiger partial charge is 0.437 e. The quantitative estimate of drug-likeness (QED) is 0.395. The molecule has 1 atom stereocenters. The van der Waals surface area contributed by atoms with Crippen molar-refractivity contribution in [2.24, 2.45) is 0 Å². The van der Waals surface area contributed by atoms with Crippen LogP contribution in [0.3, 0.4) is 0 Å². The van der Waals surface area contributed by atoms with Gasteiger partial charge >= 0.3 is 18.3 Å². The van der Waals surface area contributed by atoms with Crippen LogP contribution in [0.1, 0.15) is 5.56 Å². The number of methoxy groups -OCH3 is 1. The number of carbonyl (C=O) groups excluding carboxylic acids is 1. The molecular weight excluding hydrogens is 442 g/mol. The molecule has 0 amide bonds. The highest BCUT2D eigenvalue weighted by atomic mass is 32.2. The number of rotatable bonds is 6. The number of sulfonamides is 1. The Morgan fingerprint density at radius 1 is 0.900 bits per heavy atom. The minimum atomic E-state index is -5.59. The highest BCUT2D eigenvalue weighted by Gasteiger charge is 2.64. The van der Waals surface area contributed by atoms with Crippen LogP contribution in [-0.4, -0.2) is 33.3 Å².